The van der Waals surface area contributed by atoms with Gasteiger partial charge in [-0.1, -0.05) is 19.1 Å². The van der Waals surface area contributed by atoms with E-state index >= 15 is 0 Å². The molecule has 1 aromatic heterocycles. The first kappa shape index (κ1) is 18.5. The van der Waals surface area contributed by atoms with Gasteiger partial charge in [0.05, 0.1) is 33.9 Å². The number of aromatic nitrogens is 2. The van der Waals surface area contributed by atoms with Crippen LogP contribution in [0.3, 0.4) is 0 Å². The summed E-state index contributed by atoms with van der Waals surface area (Å²) in [5.74, 6) is -1.04. The molecule has 2 rings (SSSR count). The summed E-state index contributed by atoms with van der Waals surface area (Å²) < 4.78 is 41.5. The summed E-state index contributed by atoms with van der Waals surface area (Å²) >= 11 is 3.40. The van der Waals surface area contributed by atoms with Crippen molar-refractivity contribution >= 4 is 27.5 Å². The first-order valence-electron chi connectivity index (χ1n) is 7.28. The Hall–Kier alpha value is -1.83. The summed E-state index contributed by atoms with van der Waals surface area (Å²) in [6, 6.07) is 4.93. The molecular formula is C16H17BrF3N3O. The normalized spacial score (nSPS) is 13.0. The van der Waals surface area contributed by atoms with Crippen LogP contribution in [-0.2, 0) is 17.5 Å². The molecule has 1 amide bonds. The monoisotopic (exact) mass is 403 g/mol. The van der Waals surface area contributed by atoms with E-state index < -0.39 is 23.6 Å². The minimum Gasteiger partial charge on any atom is -0.325 e. The van der Waals surface area contributed by atoms with Gasteiger partial charge in [0.25, 0.3) is 0 Å². The van der Waals surface area contributed by atoms with Gasteiger partial charge in [0.2, 0.25) is 5.91 Å². The molecule has 0 aliphatic heterocycles. The van der Waals surface area contributed by atoms with Crippen LogP contribution in [0.1, 0.15) is 23.9 Å². The molecule has 0 aliphatic carbocycles. The number of anilines is 1. The molecular weight excluding hydrogens is 387 g/mol. The van der Waals surface area contributed by atoms with E-state index in [2.05, 4.69) is 26.3 Å². The summed E-state index contributed by atoms with van der Waals surface area (Å²) in [6.07, 6.45) is -4.52. The molecule has 1 unspecified atom stereocenters. The highest BCUT2D eigenvalue weighted by Crippen LogP contribution is 2.34. The van der Waals surface area contributed by atoms with Crippen molar-refractivity contribution in [3.05, 3.63) is 45.7 Å². The molecule has 1 atom stereocenters. The average Bonchev–Trinajstić information content (AvgIpc) is 2.74. The van der Waals surface area contributed by atoms with Gasteiger partial charge >= 0.3 is 6.18 Å². The SMILES string of the molecule is Cc1nn(CC(C)C(=O)Nc2ccccc2C(F)(F)F)c(C)c1Br. The van der Waals surface area contributed by atoms with Crippen LogP contribution < -0.4 is 5.32 Å². The quantitative estimate of drug-likeness (QED) is 0.813. The van der Waals surface area contributed by atoms with Crippen molar-refractivity contribution in [3.8, 4) is 0 Å². The van der Waals surface area contributed by atoms with Crippen LogP contribution in [-0.4, -0.2) is 15.7 Å². The van der Waals surface area contributed by atoms with Gasteiger partial charge in [0.15, 0.2) is 0 Å². The number of hydrogen-bond acceptors (Lipinski definition) is 2. The van der Waals surface area contributed by atoms with Crippen LogP contribution in [0, 0.1) is 19.8 Å². The molecule has 2 aromatic rings. The molecule has 8 heteroatoms. The van der Waals surface area contributed by atoms with Crippen LogP contribution in [0.4, 0.5) is 18.9 Å². The van der Waals surface area contributed by atoms with Crippen LogP contribution in [0.25, 0.3) is 0 Å². The third-order valence-corrected chi connectivity index (χ3v) is 4.83. The van der Waals surface area contributed by atoms with E-state index in [1.807, 2.05) is 13.8 Å². The molecule has 0 aliphatic rings. The Kier molecular flexibility index (Phi) is 5.37. The third-order valence-electron chi connectivity index (χ3n) is 3.68. The lowest BCUT2D eigenvalue weighted by Gasteiger charge is -2.17. The third kappa shape index (κ3) is 3.98. The van der Waals surface area contributed by atoms with Gasteiger partial charge in [0, 0.05) is 5.69 Å². The van der Waals surface area contributed by atoms with E-state index in [4.69, 9.17) is 0 Å². The number of para-hydroxylation sites is 1. The number of nitrogens with one attached hydrogen (secondary N) is 1. The highest BCUT2D eigenvalue weighted by molar-refractivity contribution is 9.10. The highest BCUT2D eigenvalue weighted by Gasteiger charge is 2.33. The van der Waals surface area contributed by atoms with Crippen LogP contribution >= 0.6 is 15.9 Å². The molecule has 0 spiro atoms. The highest BCUT2D eigenvalue weighted by atomic mass is 79.9. The topological polar surface area (TPSA) is 46.9 Å². The Labute approximate surface area is 146 Å². The minimum absolute atomic E-state index is 0.239. The summed E-state index contributed by atoms with van der Waals surface area (Å²) in [7, 11) is 0. The number of amides is 1. The molecule has 0 saturated heterocycles. The molecule has 0 saturated carbocycles. The van der Waals surface area contributed by atoms with Crippen LogP contribution in [0.5, 0.6) is 0 Å². The molecule has 0 radical (unpaired) electrons. The molecule has 1 N–H and O–H groups in total. The molecule has 24 heavy (non-hydrogen) atoms. The Morgan fingerprint density at radius 2 is 1.96 bits per heavy atom. The van der Waals surface area contributed by atoms with Gasteiger partial charge in [-0.2, -0.15) is 18.3 Å². The number of rotatable bonds is 4. The average molecular weight is 404 g/mol. The summed E-state index contributed by atoms with van der Waals surface area (Å²) in [5, 5.41) is 6.67. The zero-order chi connectivity index (χ0) is 18.1. The fourth-order valence-electron chi connectivity index (χ4n) is 2.29. The van der Waals surface area contributed by atoms with Gasteiger partial charge in [0.1, 0.15) is 0 Å². The standard InChI is InChI=1S/C16H17BrF3N3O/c1-9(8-23-11(3)14(17)10(2)22-23)15(24)21-13-7-5-4-6-12(13)16(18,19)20/h4-7,9H,8H2,1-3H3,(H,21,24). The Balaban J connectivity index is 2.14. The first-order valence-corrected chi connectivity index (χ1v) is 8.07. The number of nitrogens with zero attached hydrogens (tertiary/aromatic N) is 2. The molecule has 1 aromatic carbocycles. The van der Waals surface area contributed by atoms with Crippen molar-refractivity contribution in [2.45, 2.75) is 33.5 Å². The molecule has 0 fully saturated rings. The smallest absolute Gasteiger partial charge is 0.325 e. The van der Waals surface area contributed by atoms with Gasteiger partial charge in [-0.3, -0.25) is 9.48 Å². The van der Waals surface area contributed by atoms with Crippen LogP contribution in [0.15, 0.2) is 28.7 Å². The van der Waals surface area contributed by atoms with Gasteiger partial charge in [-0.25, -0.2) is 0 Å². The van der Waals surface area contributed by atoms with Crippen molar-refractivity contribution in [2.24, 2.45) is 5.92 Å². The summed E-state index contributed by atoms with van der Waals surface area (Å²) in [6.45, 7) is 5.61. The number of halogens is 4. The fourth-order valence-corrected chi connectivity index (χ4v) is 2.57. The molecule has 1 heterocycles. The number of hydrogen-bond donors (Lipinski definition) is 1. The number of aryl methyl sites for hydroxylation is 1. The largest absolute Gasteiger partial charge is 0.418 e. The van der Waals surface area contributed by atoms with Crippen molar-refractivity contribution < 1.29 is 18.0 Å². The molecule has 0 bridgehead atoms. The van der Waals surface area contributed by atoms with E-state index in [1.165, 1.54) is 18.2 Å². The summed E-state index contributed by atoms with van der Waals surface area (Å²) in [5.41, 5.74) is 0.557. The van der Waals surface area contributed by atoms with Gasteiger partial charge < -0.3 is 5.32 Å². The predicted octanol–water partition coefficient (Wildman–Crippen LogP) is 4.56. The zero-order valence-corrected chi connectivity index (χ0v) is 15.0. The lowest BCUT2D eigenvalue weighted by molar-refractivity contribution is -0.137. The van der Waals surface area contributed by atoms with E-state index in [0.29, 0.717) is 0 Å². The Morgan fingerprint density at radius 1 is 1.33 bits per heavy atom. The second-order valence-electron chi connectivity index (χ2n) is 5.60. The number of carbonyl (C=O) groups excluding carboxylic acids is 1. The van der Waals surface area contributed by atoms with Gasteiger partial charge in [-0.05, 0) is 41.9 Å². The van der Waals surface area contributed by atoms with Crippen molar-refractivity contribution in [3.63, 3.8) is 0 Å². The predicted molar refractivity (Wildman–Crippen MR) is 88.6 cm³/mol. The lowest BCUT2D eigenvalue weighted by atomic mass is 10.1. The van der Waals surface area contributed by atoms with E-state index in [0.717, 1.165) is 21.9 Å². The lowest BCUT2D eigenvalue weighted by Crippen LogP contribution is -2.26. The van der Waals surface area contributed by atoms with Crippen LogP contribution in [0.2, 0.25) is 0 Å². The van der Waals surface area contributed by atoms with Crippen molar-refractivity contribution in [1.29, 1.82) is 0 Å². The second kappa shape index (κ2) is 6.96. The first-order chi connectivity index (χ1) is 11.1. The number of benzene rings is 1. The van der Waals surface area contributed by atoms with Gasteiger partial charge in [-0.15, -0.1) is 0 Å². The maximum absolute atomic E-state index is 13.0. The number of alkyl halides is 3. The Bertz CT molecular complexity index is 756. The van der Waals surface area contributed by atoms with Crippen molar-refractivity contribution in [2.75, 3.05) is 5.32 Å². The Morgan fingerprint density at radius 3 is 2.50 bits per heavy atom. The van der Waals surface area contributed by atoms with Crippen molar-refractivity contribution in [1.82, 2.24) is 9.78 Å². The maximum Gasteiger partial charge on any atom is 0.418 e. The van der Waals surface area contributed by atoms with E-state index in [9.17, 15) is 18.0 Å². The number of carbonyl (C=O) groups is 1. The molecule has 4 nitrogen and oxygen atoms in total. The second-order valence-corrected chi connectivity index (χ2v) is 6.39. The van der Waals surface area contributed by atoms with E-state index in [1.54, 1.807) is 11.6 Å². The zero-order valence-electron chi connectivity index (χ0n) is 13.4. The fraction of sp³-hybridized carbons (Fsp3) is 0.375. The minimum atomic E-state index is -4.52. The molecule has 130 valence electrons. The van der Waals surface area contributed by atoms with E-state index in [-0.39, 0.29) is 12.2 Å². The summed E-state index contributed by atoms with van der Waals surface area (Å²) in [4.78, 5) is 12.3. The maximum atomic E-state index is 13.0.